The molecule has 152 valence electrons. The first-order valence-electron chi connectivity index (χ1n) is 9.23. The molecule has 2 heterocycles. The molecule has 2 aromatic heterocycles. The van der Waals surface area contributed by atoms with Gasteiger partial charge in [0, 0.05) is 4.88 Å². The smallest absolute Gasteiger partial charge is 0.266 e. The zero-order valence-corrected chi connectivity index (χ0v) is 17.7. The molecule has 4 rings (SSSR count). The fourth-order valence-electron chi connectivity index (χ4n) is 2.97. The van der Waals surface area contributed by atoms with E-state index >= 15 is 0 Å². The summed E-state index contributed by atoms with van der Waals surface area (Å²) >= 11 is 2.77. The van der Waals surface area contributed by atoms with Crippen molar-refractivity contribution >= 4 is 39.9 Å². The van der Waals surface area contributed by atoms with E-state index in [-0.39, 0.29) is 17.2 Å². The molecule has 8 heteroatoms. The molecule has 5 nitrogen and oxygen atoms in total. The van der Waals surface area contributed by atoms with E-state index in [9.17, 15) is 14.0 Å². The van der Waals surface area contributed by atoms with Crippen molar-refractivity contribution in [2.24, 2.45) is 0 Å². The minimum atomic E-state index is -0.391. The van der Waals surface area contributed by atoms with Crippen LogP contribution < -0.4 is 10.9 Å². The molecule has 2 aromatic carbocycles. The second-order valence-corrected chi connectivity index (χ2v) is 8.56. The van der Waals surface area contributed by atoms with Crippen LogP contribution in [0.4, 0.5) is 4.39 Å². The molecule has 0 radical (unpaired) electrons. The van der Waals surface area contributed by atoms with Crippen molar-refractivity contribution in [2.75, 3.05) is 5.75 Å². The van der Waals surface area contributed by atoms with Crippen LogP contribution in [0.15, 0.2) is 69.9 Å². The van der Waals surface area contributed by atoms with Crippen molar-refractivity contribution in [1.82, 2.24) is 14.9 Å². The Bertz CT molecular complexity index is 1270. The summed E-state index contributed by atoms with van der Waals surface area (Å²) in [6.07, 6.45) is 0. The van der Waals surface area contributed by atoms with Crippen molar-refractivity contribution in [3.8, 4) is 5.69 Å². The normalized spacial score (nSPS) is 11.0. The minimum Gasteiger partial charge on any atom is -0.350 e. The van der Waals surface area contributed by atoms with Gasteiger partial charge in [0.15, 0.2) is 5.16 Å². The molecule has 0 fully saturated rings. The molecule has 0 atom stereocenters. The van der Waals surface area contributed by atoms with Crippen LogP contribution >= 0.6 is 23.1 Å². The van der Waals surface area contributed by atoms with Crippen LogP contribution in [0.25, 0.3) is 16.6 Å². The Morgan fingerprint density at radius 3 is 2.67 bits per heavy atom. The van der Waals surface area contributed by atoms with E-state index in [0.717, 1.165) is 10.4 Å². The maximum atomic E-state index is 13.4. The number of amides is 1. The number of benzene rings is 2. The van der Waals surface area contributed by atoms with Crippen LogP contribution in [0.5, 0.6) is 0 Å². The second-order valence-electron chi connectivity index (χ2n) is 6.62. The molecule has 0 saturated heterocycles. The van der Waals surface area contributed by atoms with Gasteiger partial charge in [-0.1, -0.05) is 23.9 Å². The van der Waals surface area contributed by atoms with Crippen LogP contribution in [-0.4, -0.2) is 21.2 Å². The van der Waals surface area contributed by atoms with E-state index in [2.05, 4.69) is 10.3 Å². The second kappa shape index (κ2) is 8.81. The number of hydrogen-bond acceptors (Lipinski definition) is 5. The first-order chi connectivity index (χ1) is 14.5. The summed E-state index contributed by atoms with van der Waals surface area (Å²) in [5, 5.41) is 5.74. The Hall–Kier alpha value is -2.97. The number of nitrogens with zero attached hydrogens (tertiary/aromatic N) is 2. The fraction of sp³-hybridized carbons (Fsp3) is 0.136. The van der Waals surface area contributed by atoms with Gasteiger partial charge < -0.3 is 5.32 Å². The third kappa shape index (κ3) is 4.29. The predicted molar refractivity (Wildman–Crippen MR) is 119 cm³/mol. The third-order valence-electron chi connectivity index (χ3n) is 4.58. The minimum absolute atomic E-state index is 0.108. The highest BCUT2D eigenvalue weighted by Crippen LogP contribution is 2.22. The number of aryl methyl sites for hydroxylation is 1. The molecule has 0 saturated carbocycles. The topological polar surface area (TPSA) is 64.0 Å². The van der Waals surface area contributed by atoms with Crippen molar-refractivity contribution in [2.45, 2.75) is 18.6 Å². The number of para-hydroxylation sites is 1. The molecule has 0 bridgehead atoms. The molecule has 0 spiro atoms. The Morgan fingerprint density at radius 1 is 1.17 bits per heavy atom. The molecular formula is C22H18FN3O2S2. The first-order valence-corrected chi connectivity index (χ1v) is 11.1. The summed E-state index contributed by atoms with van der Waals surface area (Å²) in [6.45, 7) is 2.48. The van der Waals surface area contributed by atoms with Crippen molar-refractivity contribution < 1.29 is 9.18 Å². The van der Waals surface area contributed by atoms with Crippen LogP contribution in [0.2, 0.25) is 0 Å². The molecule has 4 aromatic rings. The van der Waals surface area contributed by atoms with Crippen molar-refractivity contribution in [3.63, 3.8) is 0 Å². The lowest BCUT2D eigenvalue weighted by molar-refractivity contribution is -0.118. The Morgan fingerprint density at radius 2 is 1.93 bits per heavy atom. The number of carbonyl (C=O) groups excluding carboxylic acids is 1. The lowest BCUT2D eigenvalue weighted by Gasteiger charge is -2.13. The summed E-state index contributed by atoms with van der Waals surface area (Å²) in [6, 6.07) is 14.7. The summed E-state index contributed by atoms with van der Waals surface area (Å²) in [5.74, 6) is -0.435. The van der Waals surface area contributed by atoms with Gasteiger partial charge >= 0.3 is 0 Å². The Balaban J connectivity index is 1.61. The average molecular weight is 440 g/mol. The van der Waals surface area contributed by atoms with Gasteiger partial charge in [-0.3, -0.25) is 14.2 Å². The van der Waals surface area contributed by atoms with Crippen LogP contribution in [0.1, 0.15) is 10.4 Å². The maximum Gasteiger partial charge on any atom is 0.266 e. The molecule has 1 N–H and O–H groups in total. The SMILES string of the molecule is Cc1ccsc1CNC(=O)CSc1nc2ccccc2c(=O)n1-c1ccc(F)cc1. The lowest BCUT2D eigenvalue weighted by atomic mass is 10.2. The van der Waals surface area contributed by atoms with Gasteiger partial charge in [-0.2, -0.15) is 0 Å². The van der Waals surface area contributed by atoms with Crippen molar-refractivity contribution in [3.05, 3.63) is 86.6 Å². The summed E-state index contributed by atoms with van der Waals surface area (Å²) in [7, 11) is 0. The number of fused-ring (bicyclic) bond motifs is 1. The van der Waals surface area contributed by atoms with E-state index in [0.29, 0.717) is 28.3 Å². The van der Waals surface area contributed by atoms with E-state index in [4.69, 9.17) is 0 Å². The largest absolute Gasteiger partial charge is 0.350 e. The zero-order valence-electron chi connectivity index (χ0n) is 16.1. The Kier molecular flexibility index (Phi) is 5.96. The number of rotatable bonds is 6. The predicted octanol–water partition coefficient (Wildman–Crippen LogP) is 4.30. The van der Waals surface area contributed by atoms with E-state index in [1.165, 1.54) is 40.6 Å². The molecular weight excluding hydrogens is 421 g/mol. The molecule has 0 aliphatic rings. The number of halogens is 1. The van der Waals surface area contributed by atoms with Gasteiger partial charge in [-0.15, -0.1) is 11.3 Å². The van der Waals surface area contributed by atoms with Crippen LogP contribution in [-0.2, 0) is 11.3 Å². The summed E-state index contributed by atoms with van der Waals surface area (Å²) in [4.78, 5) is 31.2. The van der Waals surface area contributed by atoms with Crippen molar-refractivity contribution in [1.29, 1.82) is 0 Å². The number of nitrogens with one attached hydrogen (secondary N) is 1. The maximum absolute atomic E-state index is 13.4. The fourth-order valence-corrected chi connectivity index (χ4v) is 4.66. The van der Waals surface area contributed by atoms with E-state index < -0.39 is 5.82 Å². The van der Waals surface area contributed by atoms with Gasteiger partial charge in [0.1, 0.15) is 5.82 Å². The van der Waals surface area contributed by atoms with Gasteiger partial charge in [0.05, 0.1) is 28.9 Å². The average Bonchev–Trinajstić information content (AvgIpc) is 3.16. The van der Waals surface area contributed by atoms with Gasteiger partial charge in [-0.25, -0.2) is 9.37 Å². The molecule has 30 heavy (non-hydrogen) atoms. The van der Waals surface area contributed by atoms with E-state index in [1.54, 1.807) is 29.5 Å². The highest BCUT2D eigenvalue weighted by atomic mass is 32.2. The number of aromatic nitrogens is 2. The molecule has 0 aliphatic heterocycles. The molecule has 0 unspecified atom stereocenters. The number of thiophene rings is 1. The first kappa shape index (κ1) is 20.3. The number of carbonyl (C=O) groups is 1. The third-order valence-corrected chi connectivity index (χ3v) is 6.54. The lowest BCUT2D eigenvalue weighted by Crippen LogP contribution is -2.26. The van der Waals surface area contributed by atoms with Gasteiger partial charge in [0.25, 0.3) is 5.56 Å². The van der Waals surface area contributed by atoms with Gasteiger partial charge in [0.2, 0.25) is 5.91 Å². The monoisotopic (exact) mass is 439 g/mol. The quantitative estimate of drug-likeness (QED) is 0.359. The number of hydrogen-bond donors (Lipinski definition) is 1. The molecule has 1 amide bonds. The van der Waals surface area contributed by atoms with E-state index in [1.807, 2.05) is 24.4 Å². The summed E-state index contributed by atoms with van der Waals surface area (Å²) < 4.78 is 14.8. The highest BCUT2D eigenvalue weighted by molar-refractivity contribution is 7.99. The standard InChI is InChI=1S/C22H18FN3O2S2/c1-14-10-11-29-19(14)12-24-20(27)13-30-22-25-18-5-3-2-4-17(18)21(28)26(22)16-8-6-15(23)7-9-16/h2-11H,12-13H2,1H3,(H,24,27). The summed E-state index contributed by atoms with van der Waals surface area (Å²) in [5.41, 5.74) is 1.94. The molecule has 0 aliphatic carbocycles. The Labute approximate surface area is 180 Å². The highest BCUT2D eigenvalue weighted by Gasteiger charge is 2.15. The van der Waals surface area contributed by atoms with Gasteiger partial charge in [-0.05, 0) is 60.3 Å². The number of thioether (sulfide) groups is 1. The van der Waals surface area contributed by atoms with Crippen LogP contribution in [0.3, 0.4) is 0 Å². The van der Waals surface area contributed by atoms with Crippen LogP contribution in [0, 0.1) is 12.7 Å². The zero-order chi connectivity index (χ0) is 21.1.